The summed E-state index contributed by atoms with van der Waals surface area (Å²) in [6, 6.07) is 14.7. The van der Waals surface area contributed by atoms with Crippen molar-refractivity contribution in [1.82, 2.24) is 5.32 Å². The van der Waals surface area contributed by atoms with Gasteiger partial charge in [0.25, 0.3) is 5.91 Å². The van der Waals surface area contributed by atoms with Crippen molar-refractivity contribution < 1.29 is 14.3 Å². The van der Waals surface area contributed by atoms with Gasteiger partial charge < -0.3 is 14.8 Å². The van der Waals surface area contributed by atoms with E-state index < -0.39 is 0 Å². The molecule has 0 saturated heterocycles. The molecule has 0 unspecified atom stereocenters. The number of thiocarbonyl (C=S) groups is 1. The molecule has 6 heteroatoms. The summed E-state index contributed by atoms with van der Waals surface area (Å²) < 4.78 is 11.5. The van der Waals surface area contributed by atoms with E-state index in [1.807, 2.05) is 24.3 Å². The number of ether oxygens (including phenoxy) is 2. The van der Waals surface area contributed by atoms with Gasteiger partial charge in [-0.05, 0) is 61.5 Å². The summed E-state index contributed by atoms with van der Waals surface area (Å²) in [7, 11) is 0. The van der Waals surface area contributed by atoms with Crippen molar-refractivity contribution >= 4 is 28.9 Å². The van der Waals surface area contributed by atoms with Crippen molar-refractivity contribution in [2.75, 3.05) is 18.5 Å². The van der Waals surface area contributed by atoms with Crippen LogP contribution in [0.15, 0.2) is 48.5 Å². The number of unbranched alkanes of at least 4 members (excludes halogenated alkanes) is 6. The molecule has 2 aromatic carbocycles. The number of hydrogen-bond acceptors (Lipinski definition) is 4. The first-order chi connectivity index (χ1) is 15.6. The van der Waals surface area contributed by atoms with E-state index in [-0.39, 0.29) is 11.0 Å². The lowest BCUT2D eigenvalue weighted by atomic mass is 10.2. The Morgan fingerprint density at radius 1 is 0.812 bits per heavy atom. The molecule has 0 aliphatic heterocycles. The highest BCUT2D eigenvalue weighted by atomic mass is 32.1. The molecule has 5 nitrogen and oxygen atoms in total. The Bertz CT molecular complexity index is 824. The molecule has 0 aromatic heterocycles. The first-order valence-corrected chi connectivity index (χ1v) is 12.1. The summed E-state index contributed by atoms with van der Waals surface area (Å²) in [6.07, 6.45) is 9.35. The number of benzene rings is 2. The summed E-state index contributed by atoms with van der Waals surface area (Å²) in [5.74, 6) is 1.29. The number of nitrogens with one attached hydrogen (secondary N) is 2. The normalized spacial score (nSPS) is 10.4. The van der Waals surface area contributed by atoms with E-state index in [0.717, 1.165) is 42.9 Å². The molecule has 2 aromatic rings. The first kappa shape index (κ1) is 25.7. The van der Waals surface area contributed by atoms with Gasteiger partial charge in [-0.1, -0.05) is 58.4 Å². The van der Waals surface area contributed by atoms with Gasteiger partial charge in [-0.25, -0.2) is 0 Å². The molecular formula is C26H36N2O3S. The predicted octanol–water partition coefficient (Wildman–Crippen LogP) is 6.73. The highest BCUT2D eigenvalue weighted by molar-refractivity contribution is 7.80. The van der Waals surface area contributed by atoms with Gasteiger partial charge in [0, 0.05) is 17.3 Å². The molecule has 0 aliphatic carbocycles. The fourth-order valence-corrected chi connectivity index (χ4v) is 3.35. The summed E-state index contributed by atoms with van der Waals surface area (Å²) in [4.78, 5) is 12.5. The van der Waals surface area contributed by atoms with E-state index in [1.165, 1.54) is 25.7 Å². The summed E-state index contributed by atoms with van der Waals surface area (Å²) in [5, 5.41) is 6.00. The lowest BCUT2D eigenvalue weighted by Crippen LogP contribution is -2.34. The van der Waals surface area contributed by atoms with Crippen LogP contribution in [0, 0.1) is 0 Å². The summed E-state index contributed by atoms with van der Waals surface area (Å²) in [6.45, 7) is 5.76. The van der Waals surface area contributed by atoms with Crippen molar-refractivity contribution in [3.05, 3.63) is 54.1 Å². The third-order valence-corrected chi connectivity index (χ3v) is 5.17. The quantitative estimate of drug-likeness (QED) is 0.244. The highest BCUT2D eigenvalue weighted by Gasteiger charge is 2.09. The molecule has 2 rings (SSSR count). The van der Waals surface area contributed by atoms with Crippen molar-refractivity contribution in [3.63, 3.8) is 0 Å². The predicted molar refractivity (Wildman–Crippen MR) is 136 cm³/mol. The molecule has 0 saturated carbocycles. The fourth-order valence-electron chi connectivity index (χ4n) is 3.14. The number of rotatable bonds is 14. The molecule has 0 fully saturated rings. The van der Waals surface area contributed by atoms with Crippen LogP contribution in [0.4, 0.5) is 5.69 Å². The minimum absolute atomic E-state index is 0.242. The number of hydrogen-bond donors (Lipinski definition) is 2. The van der Waals surface area contributed by atoms with Gasteiger partial charge in [0.15, 0.2) is 5.11 Å². The summed E-state index contributed by atoms with van der Waals surface area (Å²) >= 11 is 5.30. The standard InChI is InChI=1S/C26H36N2O3S/c1-3-5-7-8-10-19-31-24-13-11-12-22(20-24)27-26(32)28-25(29)21-14-16-23(17-15-21)30-18-9-6-4-2/h11-17,20H,3-10,18-19H2,1-2H3,(H2,27,28,29,32). The number of anilines is 1. The molecule has 174 valence electrons. The number of carbonyl (C=O) groups is 1. The zero-order valence-corrected chi connectivity index (χ0v) is 20.1. The maximum atomic E-state index is 12.5. The van der Waals surface area contributed by atoms with Gasteiger partial charge in [-0.2, -0.15) is 0 Å². The Morgan fingerprint density at radius 2 is 1.44 bits per heavy atom. The first-order valence-electron chi connectivity index (χ1n) is 11.7. The third-order valence-electron chi connectivity index (χ3n) is 4.97. The average Bonchev–Trinajstić information content (AvgIpc) is 2.79. The van der Waals surface area contributed by atoms with Crippen LogP contribution >= 0.6 is 12.2 Å². The van der Waals surface area contributed by atoms with Gasteiger partial charge in [0.2, 0.25) is 0 Å². The molecule has 0 aliphatic rings. The minimum atomic E-state index is -0.264. The molecule has 1 amide bonds. The Kier molecular flexibility index (Phi) is 12.2. The van der Waals surface area contributed by atoms with Crippen LogP contribution in [-0.2, 0) is 0 Å². The molecule has 0 atom stereocenters. The van der Waals surface area contributed by atoms with Crippen LogP contribution in [0.3, 0.4) is 0 Å². The number of amides is 1. The van der Waals surface area contributed by atoms with Crippen LogP contribution < -0.4 is 20.1 Å². The second-order valence-corrected chi connectivity index (χ2v) is 8.19. The molecule has 0 bridgehead atoms. The molecule has 32 heavy (non-hydrogen) atoms. The lowest BCUT2D eigenvalue weighted by molar-refractivity contribution is 0.0977. The molecule has 0 heterocycles. The zero-order chi connectivity index (χ0) is 23.0. The van der Waals surface area contributed by atoms with Gasteiger partial charge in [-0.15, -0.1) is 0 Å². The molecule has 2 N–H and O–H groups in total. The zero-order valence-electron chi connectivity index (χ0n) is 19.3. The second kappa shape index (κ2) is 15.2. The van der Waals surface area contributed by atoms with Crippen molar-refractivity contribution in [2.45, 2.75) is 65.2 Å². The average molecular weight is 457 g/mol. The lowest BCUT2D eigenvalue weighted by Gasteiger charge is -2.12. The Balaban J connectivity index is 1.76. The van der Waals surface area contributed by atoms with Crippen LogP contribution in [-0.4, -0.2) is 24.2 Å². The Hall–Kier alpha value is -2.60. The van der Waals surface area contributed by atoms with Gasteiger partial charge in [-0.3, -0.25) is 10.1 Å². The minimum Gasteiger partial charge on any atom is -0.494 e. The number of carbonyl (C=O) groups excluding carboxylic acids is 1. The van der Waals surface area contributed by atoms with Gasteiger partial charge in [0.1, 0.15) is 11.5 Å². The monoisotopic (exact) mass is 456 g/mol. The van der Waals surface area contributed by atoms with Crippen LogP contribution in [0.1, 0.15) is 75.6 Å². The maximum absolute atomic E-state index is 12.5. The van der Waals surface area contributed by atoms with E-state index in [4.69, 9.17) is 21.7 Å². The van der Waals surface area contributed by atoms with E-state index in [1.54, 1.807) is 24.3 Å². The topological polar surface area (TPSA) is 59.6 Å². The van der Waals surface area contributed by atoms with E-state index in [2.05, 4.69) is 24.5 Å². The van der Waals surface area contributed by atoms with Crippen molar-refractivity contribution in [2.24, 2.45) is 0 Å². The largest absolute Gasteiger partial charge is 0.494 e. The van der Waals surface area contributed by atoms with Crippen molar-refractivity contribution in [3.8, 4) is 11.5 Å². The smallest absolute Gasteiger partial charge is 0.257 e. The Morgan fingerprint density at radius 3 is 2.16 bits per heavy atom. The van der Waals surface area contributed by atoms with Crippen LogP contribution in [0.25, 0.3) is 0 Å². The Labute approximate surface area is 197 Å². The molecular weight excluding hydrogens is 420 g/mol. The van der Waals surface area contributed by atoms with E-state index >= 15 is 0 Å². The SMILES string of the molecule is CCCCCCCOc1cccc(NC(=S)NC(=O)c2ccc(OCCCCC)cc2)c1. The molecule has 0 radical (unpaired) electrons. The highest BCUT2D eigenvalue weighted by Crippen LogP contribution is 2.18. The summed E-state index contributed by atoms with van der Waals surface area (Å²) in [5.41, 5.74) is 1.30. The van der Waals surface area contributed by atoms with Crippen LogP contribution in [0.5, 0.6) is 11.5 Å². The van der Waals surface area contributed by atoms with Crippen molar-refractivity contribution in [1.29, 1.82) is 0 Å². The maximum Gasteiger partial charge on any atom is 0.257 e. The molecule has 0 spiro atoms. The third kappa shape index (κ3) is 10.1. The van der Waals surface area contributed by atoms with E-state index in [0.29, 0.717) is 18.8 Å². The van der Waals surface area contributed by atoms with Crippen LogP contribution in [0.2, 0.25) is 0 Å². The second-order valence-electron chi connectivity index (χ2n) is 7.78. The van der Waals surface area contributed by atoms with Gasteiger partial charge in [0.05, 0.1) is 13.2 Å². The van der Waals surface area contributed by atoms with E-state index in [9.17, 15) is 4.79 Å². The fraction of sp³-hybridized carbons (Fsp3) is 0.462. The van der Waals surface area contributed by atoms with Gasteiger partial charge >= 0.3 is 0 Å².